The molecule has 1 unspecified atom stereocenters. The van der Waals surface area contributed by atoms with Gasteiger partial charge < -0.3 is 9.47 Å². The standard InChI is InChI=1S/C19H32O3/c1-6-18(2,3)16(20)22-17(21-5)19(4)14-8-12-7-13(10-14)11-15(19)9-12/h12-15,17H,6-11H2,1-5H3. The highest BCUT2D eigenvalue weighted by Crippen LogP contribution is 2.63. The predicted molar refractivity (Wildman–Crippen MR) is 86.1 cm³/mol. The van der Waals surface area contributed by atoms with Crippen molar-refractivity contribution in [1.82, 2.24) is 0 Å². The first-order valence-electron chi connectivity index (χ1n) is 9.05. The van der Waals surface area contributed by atoms with Crippen molar-refractivity contribution in [3.05, 3.63) is 0 Å². The highest BCUT2D eigenvalue weighted by Gasteiger charge is 2.59. The third-order valence-corrected chi connectivity index (χ3v) is 7.27. The van der Waals surface area contributed by atoms with Gasteiger partial charge in [0.1, 0.15) is 0 Å². The highest BCUT2D eigenvalue weighted by atomic mass is 16.7. The quantitative estimate of drug-likeness (QED) is 0.558. The minimum atomic E-state index is -0.431. The molecule has 4 saturated carbocycles. The summed E-state index contributed by atoms with van der Waals surface area (Å²) >= 11 is 0. The molecule has 0 heterocycles. The van der Waals surface area contributed by atoms with E-state index in [1.54, 1.807) is 7.11 Å². The van der Waals surface area contributed by atoms with Gasteiger partial charge in [-0.3, -0.25) is 4.79 Å². The molecule has 0 aromatic rings. The smallest absolute Gasteiger partial charge is 0.313 e. The largest absolute Gasteiger partial charge is 0.435 e. The average Bonchev–Trinajstić information content (AvgIpc) is 2.48. The second-order valence-electron chi connectivity index (χ2n) is 8.88. The molecule has 0 aromatic heterocycles. The van der Waals surface area contributed by atoms with Crippen molar-refractivity contribution < 1.29 is 14.3 Å². The molecule has 0 saturated heterocycles. The summed E-state index contributed by atoms with van der Waals surface area (Å²) in [7, 11) is 1.70. The minimum Gasteiger partial charge on any atom is -0.435 e. The molecule has 0 aromatic carbocycles. The SMILES string of the molecule is CCC(C)(C)C(=O)OC(OC)C1(C)C2CC3CC(C2)CC1C3. The lowest BCUT2D eigenvalue weighted by atomic mass is 9.45. The molecule has 1 atom stereocenters. The van der Waals surface area contributed by atoms with Crippen molar-refractivity contribution in [2.75, 3.05) is 7.11 Å². The molecular weight excluding hydrogens is 276 g/mol. The number of rotatable bonds is 5. The molecule has 4 fully saturated rings. The van der Waals surface area contributed by atoms with Gasteiger partial charge in [0.25, 0.3) is 0 Å². The second kappa shape index (κ2) is 5.51. The van der Waals surface area contributed by atoms with E-state index in [1.165, 1.54) is 32.1 Å². The molecule has 0 radical (unpaired) electrons. The Morgan fingerprint density at radius 2 is 1.64 bits per heavy atom. The molecular formula is C19H32O3. The van der Waals surface area contributed by atoms with Gasteiger partial charge in [0.05, 0.1) is 5.41 Å². The van der Waals surface area contributed by atoms with Crippen LogP contribution in [-0.4, -0.2) is 19.4 Å². The van der Waals surface area contributed by atoms with Crippen LogP contribution in [0.15, 0.2) is 0 Å². The normalized spacial score (nSPS) is 41.5. The highest BCUT2D eigenvalue weighted by molar-refractivity contribution is 5.76. The zero-order chi connectivity index (χ0) is 16.1. The lowest BCUT2D eigenvalue weighted by Crippen LogP contribution is -2.58. The molecule has 126 valence electrons. The van der Waals surface area contributed by atoms with Gasteiger partial charge >= 0.3 is 5.97 Å². The van der Waals surface area contributed by atoms with Gasteiger partial charge in [0.2, 0.25) is 6.29 Å². The second-order valence-corrected chi connectivity index (χ2v) is 8.88. The molecule has 3 nitrogen and oxygen atoms in total. The van der Waals surface area contributed by atoms with Gasteiger partial charge in [-0.1, -0.05) is 13.8 Å². The van der Waals surface area contributed by atoms with Crippen LogP contribution in [0.5, 0.6) is 0 Å². The van der Waals surface area contributed by atoms with E-state index in [9.17, 15) is 4.79 Å². The van der Waals surface area contributed by atoms with E-state index in [0.29, 0.717) is 11.8 Å². The van der Waals surface area contributed by atoms with Crippen LogP contribution in [-0.2, 0) is 14.3 Å². The first kappa shape index (κ1) is 16.3. The van der Waals surface area contributed by atoms with E-state index < -0.39 is 5.41 Å². The van der Waals surface area contributed by atoms with Gasteiger partial charge in [-0.2, -0.15) is 0 Å². The Bertz CT molecular complexity index is 412. The molecule has 0 aliphatic heterocycles. The summed E-state index contributed by atoms with van der Waals surface area (Å²) in [5.41, 5.74) is -0.430. The molecule has 3 heteroatoms. The van der Waals surface area contributed by atoms with E-state index in [-0.39, 0.29) is 17.7 Å². The van der Waals surface area contributed by atoms with Crippen molar-refractivity contribution in [3.63, 3.8) is 0 Å². The minimum absolute atomic E-state index is 0.00164. The van der Waals surface area contributed by atoms with Crippen LogP contribution in [0, 0.1) is 34.5 Å². The van der Waals surface area contributed by atoms with Crippen molar-refractivity contribution in [1.29, 1.82) is 0 Å². The number of hydrogen-bond acceptors (Lipinski definition) is 3. The Morgan fingerprint density at radius 3 is 2.05 bits per heavy atom. The maximum absolute atomic E-state index is 12.5. The Labute approximate surface area is 135 Å². The van der Waals surface area contributed by atoms with Gasteiger partial charge in [-0.05, 0) is 76.0 Å². The van der Waals surface area contributed by atoms with Crippen molar-refractivity contribution in [2.45, 2.75) is 72.5 Å². The number of ether oxygens (including phenoxy) is 2. The number of carbonyl (C=O) groups is 1. The van der Waals surface area contributed by atoms with Crippen LogP contribution >= 0.6 is 0 Å². The van der Waals surface area contributed by atoms with Crippen LogP contribution in [0.2, 0.25) is 0 Å². The number of carbonyl (C=O) groups excluding carboxylic acids is 1. The van der Waals surface area contributed by atoms with Crippen LogP contribution in [0.4, 0.5) is 0 Å². The Morgan fingerprint density at radius 1 is 1.14 bits per heavy atom. The van der Waals surface area contributed by atoms with Gasteiger partial charge in [-0.15, -0.1) is 0 Å². The monoisotopic (exact) mass is 308 g/mol. The van der Waals surface area contributed by atoms with Gasteiger partial charge in [0, 0.05) is 12.5 Å². The van der Waals surface area contributed by atoms with Crippen LogP contribution in [0.1, 0.15) is 66.2 Å². The van der Waals surface area contributed by atoms with Crippen LogP contribution in [0.3, 0.4) is 0 Å². The summed E-state index contributed by atoms with van der Waals surface area (Å²) in [6.45, 7) is 8.27. The summed E-state index contributed by atoms with van der Waals surface area (Å²) < 4.78 is 11.7. The summed E-state index contributed by atoms with van der Waals surface area (Å²) in [4.78, 5) is 12.5. The summed E-state index contributed by atoms with van der Waals surface area (Å²) in [5.74, 6) is 3.03. The fourth-order valence-corrected chi connectivity index (χ4v) is 5.41. The lowest BCUT2D eigenvalue weighted by Gasteiger charge is -2.61. The van der Waals surface area contributed by atoms with E-state index in [4.69, 9.17) is 9.47 Å². The fourth-order valence-electron chi connectivity index (χ4n) is 5.41. The zero-order valence-corrected chi connectivity index (χ0v) is 14.9. The lowest BCUT2D eigenvalue weighted by molar-refractivity contribution is -0.256. The molecule has 4 rings (SSSR count). The number of methoxy groups -OCH3 is 1. The molecule has 4 aliphatic rings. The Hall–Kier alpha value is -0.570. The first-order valence-corrected chi connectivity index (χ1v) is 9.05. The van der Waals surface area contributed by atoms with Crippen molar-refractivity contribution in [3.8, 4) is 0 Å². The van der Waals surface area contributed by atoms with Crippen molar-refractivity contribution in [2.24, 2.45) is 34.5 Å². The molecule has 0 amide bonds. The predicted octanol–water partition coefficient (Wildman–Crippen LogP) is 4.40. The fraction of sp³-hybridized carbons (Fsp3) is 0.947. The molecule has 0 spiro atoms. The topological polar surface area (TPSA) is 35.5 Å². The number of hydrogen-bond donors (Lipinski definition) is 0. The summed E-state index contributed by atoms with van der Waals surface area (Å²) in [5, 5.41) is 0. The third kappa shape index (κ3) is 2.40. The van der Waals surface area contributed by atoms with Crippen LogP contribution < -0.4 is 0 Å². The van der Waals surface area contributed by atoms with E-state index in [1.807, 2.05) is 20.8 Å². The summed E-state index contributed by atoms with van der Waals surface area (Å²) in [6, 6.07) is 0. The summed E-state index contributed by atoms with van der Waals surface area (Å²) in [6.07, 6.45) is 7.05. The van der Waals surface area contributed by atoms with E-state index >= 15 is 0 Å². The first-order chi connectivity index (χ1) is 10.3. The molecule has 4 bridgehead atoms. The van der Waals surface area contributed by atoms with Gasteiger partial charge in [-0.25, -0.2) is 0 Å². The molecule has 4 aliphatic carbocycles. The Kier molecular flexibility index (Phi) is 4.08. The average molecular weight is 308 g/mol. The Balaban J connectivity index is 1.79. The maximum Gasteiger partial charge on any atom is 0.313 e. The van der Waals surface area contributed by atoms with Crippen molar-refractivity contribution >= 4 is 5.97 Å². The third-order valence-electron chi connectivity index (χ3n) is 7.27. The maximum atomic E-state index is 12.5. The van der Waals surface area contributed by atoms with E-state index in [2.05, 4.69) is 6.92 Å². The molecule has 22 heavy (non-hydrogen) atoms. The van der Waals surface area contributed by atoms with Gasteiger partial charge in [0.15, 0.2) is 0 Å². The molecule has 0 N–H and O–H groups in total. The zero-order valence-electron chi connectivity index (χ0n) is 14.9. The van der Waals surface area contributed by atoms with E-state index in [0.717, 1.165) is 18.3 Å². The van der Waals surface area contributed by atoms with Crippen LogP contribution in [0.25, 0.3) is 0 Å². The number of esters is 1.